The molecule has 1 aromatic rings. The lowest BCUT2D eigenvalue weighted by Gasteiger charge is -2.37. The molecular formula is C15H19ClN2O3. The van der Waals surface area contributed by atoms with Crippen molar-refractivity contribution >= 4 is 17.6 Å². The van der Waals surface area contributed by atoms with Crippen molar-refractivity contribution in [1.82, 2.24) is 10.2 Å². The van der Waals surface area contributed by atoms with E-state index in [1.54, 1.807) is 4.90 Å². The zero-order chi connectivity index (χ0) is 14.7. The Morgan fingerprint density at radius 1 is 1.24 bits per heavy atom. The molecule has 3 rings (SSSR count). The first kappa shape index (κ1) is 14.6. The monoisotopic (exact) mass is 310 g/mol. The molecule has 0 bridgehead atoms. The Kier molecular flexibility index (Phi) is 4.33. The van der Waals surface area contributed by atoms with Gasteiger partial charge in [0.05, 0.1) is 13.2 Å². The molecule has 2 fully saturated rings. The van der Waals surface area contributed by atoms with Gasteiger partial charge in [-0.1, -0.05) is 29.8 Å². The third kappa shape index (κ3) is 3.31. The second-order valence-electron chi connectivity index (χ2n) is 5.34. The summed E-state index contributed by atoms with van der Waals surface area (Å²) < 4.78 is 11.3. The number of benzene rings is 1. The van der Waals surface area contributed by atoms with Gasteiger partial charge in [0.2, 0.25) is 0 Å². The summed E-state index contributed by atoms with van der Waals surface area (Å²) in [5, 5.41) is 3.58. The van der Waals surface area contributed by atoms with E-state index in [0.29, 0.717) is 37.9 Å². The molecule has 21 heavy (non-hydrogen) atoms. The van der Waals surface area contributed by atoms with Crippen molar-refractivity contribution in [2.45, 2.75) is 25.2 Å². The van der Waals surface area contributed by atoms with Crippen molar-refractivity contribution in [2.24, 2.45) is 0 Å². The summed E-state index contributed by atoms with van der Waals surface area (Å²) >= 11 is 6.08. The minimum absolute atomic E-state index is 0.0669. The number of carbonyl (C=O) groups is 1. The first-order valence-corrected chi connectivity index (χ1v) is 7.60. The Bertz CT molecular complexity index is 507. The summed E-state index contributed by atoms with van der Waals surface area (Å²) in [7, 11) is 0. The van der Waals surface area contributed by atoms with E-state index in [-0.39, 0.29) is 6.03 Å². The SMILES string of the molecule is O=C(NCc1ccccc1Cl)N1CCC2(CC1)OCCO2. The highest BCUT2D eigenvalue weighted by molar-refractivity contribution is 6.31. The van der Waals surface area contributed by atoms with Crippen molar-refractivity contribution in [1.29, 1.82) is 0 Å². The number of halogens is 1. The lowest BCUT2D eigenvalue weighted by molar-refractivity contribution is -0.181. The highest BCUT2D eigenvalue weighted by atomic mass is 35.5. The van der Waals surface area contributed by atoms with Crippen molar-refractivity contribution in [3.05, 3.63) is 34.9 Å². The van der Waals surface area contributed by atoms with Gasteiger partial charge in [-0.05, 0) is 11.6 Å². The maximum Gasteiger partial charge on any atom is 0.317 e. The molecule has 5 nitrogen and oxygen atoms in total. The molecule has 114 valence electrons. The van der Waals surface area contributed by atoms with Gasteiger partial charge in [-0.3, -0.25) is 0 Å². The van der Waals surface area contributed by atoms with Crippen LogP contribution in [0, 0.1) is 0 Å². The van der Waals surface area contributed by atoms with Crippen LogP contribution in [0.25, 0.3) is 0 Å². The Morgan fingerprint density at radius 3 is 2.57 bits per heavy atom. The summed E-state index contributed by atoms with van der Waals surface area (Å²) in [4.78, 5) is 14.0. The van der Waals surface area contributed by atoms with Gasteiger partial charge >= 0.3 is 6.03 Å². The summed E-state index contributed by atoms with van der Waals surface area (Å²) in [5.74, 6) is -0.445. The fraction of sp³-hybridized carbons (Fsp3) is 0.533. The van der Waals surface area contributed by atoms with Crippen molar-refractivity contribution < 1.29 is 14.3 Å². The van der Waals surface area contributed by atoms with Crippen LogP contribution < -0.4 is 5.32 Å². The van der Waals surface area contributed by atoms with Gasteiger partial charge in [0.25, 0.3) is 0 Å². The van der Waals surface area contributed by atoms with Gasteiger partial charge in [0, 0.05) is 37.5 Å². The molecule has 1 spiro atoms. The van der Waals surface area contributed by atoms with E-state index < -0.39 is 5.79 Å². The van der Waals surface area contributed by atoms with E-state index in [4.69, 9.17) is 21.1 Å². The predicted molar refractivity (Wildman–Crippen MR) is 79.1 cm³/mol. The van der Waals surface area contributed by atoms with Crippen LogP contribution >= 0.6 is 11.6 Å². The number of nitrogens with zero attached hydrogens (tertiary/aromatic N) is 1. The smallest absolute Gasteiger partial charge is 0.317 e. The third-order valence-corrected chi connectivity index (χ3v) is 4.38. The highest BCUT2D eigenvalue weighted by Crippen LogP contribution is 2.31. The first-order chi connectivity index (χ1) is 10.2. The van der Waals surface area contributed by atoms with Gasteiger partial charge in [0.1, 0.15) is 0 Å². The maximum absolute atomic E-state index is 12.2. The molecule has 0 radical (unpaired) electrons. The normalized spacial score (nSPS) is 20.7. The van der Waals surface area contributed by atoms with Crippen LogP contribution in [0.4, 0.5) is 4.79 Å². The van der Waals surface area contributed by atoms with E-state index in [2.05, 4.69) is 5.32 Å². The summed E-state index contributed by atoms with van der Waals surface area (Å²) in [6.45, 7) is 3.03. The van der Waals surface area contributed by atoms with E-state index in [9.17, 15) is 4.79 Å². The number of rotatable bonds is 2. The Labute approximate surface area is 129 Å². The second kappa shape index (κ2) is 6.22. The predicted octanol–water partition coefficient (Wildman–Crippen LogP) is 2.39. The average Bonchev–Trinajstić information content (AvgIpc) is 2.95. The molecular weight excluding hydrogens is 292 g/mol. The van der Waals surface area contributed by atoms with Crippen molar-refractivity contribution in [2.75, 3.05) is 26.3 Å². The van der Waals surface area contributed by atoms with Crippen molar-refractivity contribution in [3.63, 3.8) is 0 Å². The standard InChI is InChI=1S/C15H19ClN2O3/c16-13-4-2-1-3-12(13)11-17-14(19)18-7-5-15(6-8-18)20-9-10-21-15/h1-4H,5-11H2,(H,17,19). The molecule has 2 saturated heterocycles. The molecule has 0 saturated carbocycles. The van der Waals surface area contributed by atoms with Crippen LogP contribution in [-0.2, 0) is 16.0 Å². The van der Waals surface area contributed by atoms with Gasteiger partial charge < -0.3 is 19.7 Å². The Balaban J connectivity index is 1.49. The number of piperidine rings is 1. The van der Waals surface area contributed by atoms with Crippen molar-refractivity contribution in [3.8, 4) is 0 Å². The van der Waals surface area contributed by atoms with Gasteiger partial charge in [0.15, 0.2) is 5.79 Å². The number of urea groups is 1. The maximum atomic E-state index is 12.2. The third-order valence-electron chi connectivity index (χ3n) is 4.01. The molecule has 1 N–H and O–H groups in total. The molecule has 2 heterocycles. The van der Waals surface area contributed by atoms with Crippen LogP contribution in [0.2, 0.25) is 5.02 Å². The van der Waals surface area contributed by atoms with E-state index >= 15 is 0 Å². The molecule has 1 aromatic carbocycles. The average molecular weight is 311 g/mol. The molecule has 0 unspecified atom stereocenters. The van der Waals surface area contributed by atoms with E-state index in [0.717, 1.165) is 18.4 Å². The Morgan fingerprint density at radius 2 is 1.90 bits per heavy atom. The second-order valence-corrected chi connectivity index (χ2v) is 5.75. The largest absolute Gasteiger partial charge is 0.347 e. The quantitative estimate of drug-likeness (QED) is 0.912. The minimum atomic E-state index is -0.445. The zero-order valence-electron chi connectivity index (χ0n) is 11.8. The van der Waals surface area contributed by atoms with Gasteiger partial charge in [-0.15, -0.1) is 0 Å². The van der Waals surface area contributed by atoms with Crippen LogP contribution in [0.1, 0.15) is 18.4 Å². The molecule has 0 aromatic heterocycles. The fourth-order valence-corrected chi connectivity index (χ4v) is 2.96. The number of amides is 2. The lowest BCUT2D eigenvalue weighted by Crippen LogP contribution is -2.50. The van der Waals surface area contributed by atoms with Gasteiger partial charge in [-0.2, -0.15) is 0 Å². The number of hydrogen-bond acceptors (Lipinski definition) is 3. The number of nitrogens with one attached hydrogen (secondary N) is 1. The van der Waals surface area contributed by atoms with Crippen LogP contribution in [0.3, 0.4) is 0 Å². The van der Waals surface area contributed by atoms with Gasteiger partial charge in [-0.25, -0.2) is 4.79 Å². The summed E-state index contributed by atoms with van der Waals surface area (Å²) in [6, 6.07) is 7.45. The number of ether oxygens (including phenoxy) is 2. The summed E-state index contributed by atoms with van der Waals surface area (Å²) in [6.07, 6.45) is 1.46. The fourth-order valence-electron chi connectivity index (χ4n) is 2.76. The van der Waals surface area contributed by atoms with Crippen LogP contribution in [0.15, 0.2) is 24.3 Å². The molecule has 2 aliphatic heterocycles. The number of carbonyl (C=O) groups excluding carboxylic acids is 1. The molecule has 2 aliphatic rings. The minimum Gasteiger partial charge on any atom is -0.347 e. The molecule has 0 atom stereocenters. The first-order valence-electron chi connectivity index (χ1n) is 7.23. The molecule has 0 aliphatic carbocycles. The van der Waals surface area contributed by atoms with Crippen LogP contribution in [-0.4, -0.2) is 43.0 Å². The summed E-state index contributed by atoms with van der Waals surface area (Å²) in [5.41, 5.74) is 0.920. The van der Waals surface area contributed by atoms with E-state index in [1.165, 1.54) is 0 Å². The zero-order valence-corrected chi connectivity index (χ0v) is 12.6. The molecule has 6 heteroatoms. The highest BCUT2D eigenvalue weighted by Gasteiger charge is 2.40. The number of hydrogen-bond donors (Lipinski definition) is 1. The van der Waals surface area contributed by atoms with Crippen LogP contribution in [0.5, 0.6) is 0 Å². The van der Waals surface area contributed by atoms with E-state index in [1.807, 2.05) is 24.3 Å². The molecule has 2 amide bonds. The number of likely N-dealkylation sites (tertiary alicyclic amines) is 1. The Hall–Kier alpha value is -1.30. The topological polar surface area (TPSA) is 50.8 Å². The lowest BCUT2D eigenvalue weighted by atomic mass is 10.0.